The van der Waals surface area contributed by atoms with Crippen LogP contribution in [0.4, 0.5) is 4.39 Å². The Hall–Kier alpha value is -0.150. The quantitative estimate of drug-likeness (QED) is 0.536. The molecule has 60 valence electrons. The molecule has 0 radical (unpaired) electrons. The second-order valence-corrected chi connectivity index (χ2v) is 2.99. The van der Waals surface area contributed by atoms with Crippen LogP contribution in [0.5, 0.6) is 0 Å². The maximum absolute atomic E-state index is 12.8. The van der Waals surface area contributed by atoms with E-state index >= 15 is 0 Å². The molecule has 0 spiro atoms. The van der Waals surface area contributed by atoms with E-state index in [1.807, 2.05) is 11.9 Å². The van der Waals surface area contributed by atoms with Gasteiger partial charge in [0.25, 0.3) is 0 Å². The van der Waals surface area contributed by atoms with Gasteiger partial charge in [-0.3, -0.25) is 0 Å². The number of halogens is 1. The zero-order valence-corrected chi connectivity index (χ0v) is 6.26. The van der Waals surface area contributed by atoms with Gasteiger partial charge in [0.05, 0.1) is 6.10 Å². The number of aliphatic hydroxyl groups is 1. The predicted molar refractivity (Wildman–Crippen MR) is 37.6 cm³/mol. The monoisotopic (exact) mass is 147 g/mol. The molecule has 0 aromatic carbocycles. The maximum Gasteiger partial charge on any atom is 0.138 e. The molecular formula is C7H14FNO. The van der Waals surface area contributed by atoms with Crippen LogP contribution < -0.4 is 0 Å². The number of hydrogen-bond acceptors (Lipinski definition) is 2. The Morgan fingerprint density at radius 2 is 2.30 bits per heavy atom. The lowest BCUT2D eigenvalue weighted by atomic mass is 10.1. The van der Waals surface area contributed by atoms with Crippen LogP contribution in [0.3, 0.4) is 0 Å². The summed E-state index contributed by atoms with van der Waals surface area (Å²) in [5, 5.41) is 9.07. The average molecular weight is 147 g/mol. The van der Waals surface area contributed by atoms with E-state index in [4.69, 9.17) is 5.11 Å². The van der Waals surface area contributed by atoms with Crippen molar-refractivity contribution in [1.82, 2.24) is 4.90 Å². The van der Waals surface area contributed by atoms with E-state index in [2.05, 4.69) is 0 Å². The topological polar surface area (TPSA) is 23.5 Å². The lowest BCUT2D eigenvalue weighted by molar-refractivity contribution is 0.0685. The third-order valence-corrected chi connectivity index (χ3v) is 1.94. The van der Waals surface area contributed by atoms with E-state index in [1.54, 1.807) is 0 Å². The van der Waals surface area contributed by atoms with Gasteiger partial charge in [0.2, 0.25) is 0 Å². The lowest BCUT2D eigenvalue weighted by Crippen LogP contribution is -2.30. The first-order valence-electron chi connectivity index (χ1n) is 3.71. The zero-order chi connectivity index (χ0) is 7.56. The number of nitrogens with zero attached hydrogens (tertiary/aromatic N) is 1. The van der Waals surface area contributed by atoms with E-state index in [0.717, 1.165) is 13.0 Å². The number of hydrogen-bond donors (Lipinski definition) is 1. The minimum atomic E-state index is -1.05. The molecule has 1 saturated heterocycles. The summed E-state index contributed by atoms with van der Waals surface area (Å²) in [5.41, 5.74) is 0. The molecule has 0 bridgehead atoms. The van der Waals surface area contributed by atoms with Crippen molar-refractivity contribution in [3.05, 3.63) is 0 Å². The van der Waals surface area contributed by atoms with Crippen molar-refractivity contribution in [3.63, 3.8) is 0 Å². The third kappa shape index (κ3) is 1.92. The fourth-order valence-corrected chi connectivity index (χ4v) is 1.26. The molecule has 0 aliphatic carbocycles. The number of rotatable bonds is 0. The minimum absolute atomic E-state index is 0.376. The van der Waals surface area contributed by atoms with Crippen molar-refractivity contribution in [3.8, 4) is 0 Å². The highest BCUT2D eigenvalue weighted by Crippen LogP contribution is 2.12. The third-order valence-electron chi connectivity index (χ3n) is 1.94. The van der Waals surface area contributed by atoms with Crippen LogP contribution >= 0.6 is 0 Å². The predicted octanol–water partition coefficient (Wildman–Crippen LogP) is 0.411. The van der Waals surface area contributed by atoms with Gasteiger partial charge < -0.3 is 10.0 Å². The average Bonchev–Trinajstić information content (AvgIpc) is 1.96. The fraction of sp³-hybridized carbons (Fsp3) is 1.00. The Balaban J connectivity index is 2.41. The molecule has 1 rings (SSSR count). The molecule has 10 heavy (non-hydrogen) atoms. The van der Waals surface area contributed by atoms with Gasteiger partial charge in [0.1, 0.15) is 6.17 Å². The first kappa shape index (κ1) is 7.95. The SMILES string of the molecule is CN1CCC[C@@H](O)[C@H](F)C1. The first-order chi connectivity index (χ1) is 4.70. The molecule has 0 aromatic rings. The summed E-state index contributed by atoms with van der Waals surface area (Å²) < 4.78 is 12.8. The van der Waals surface area contributed by atoms with Gasteiger partial charge in [-0.2, -0.15) is 0 Å². The van der Waals surface area contributed by atoms with Crippen LogP contribution in [0.15, 0.2) is 0 Å². The second-order valence-electron chi connectivity index (χ2n) is 2.99. The number of likely N-dealkylation sites (tertiary alicyclic amines) is 1. The zero-order valence-electron chi connectivity index (χ0n) is 6.26. The molecule has 1 N–H and O–H groups in total. The van der Waals surface area contributed by atoms with E-state index in [0.29, 0.717) is 13.0 Å². The van der Waals surface area contributed by atoms with Gasteiger partial charge in [-0.15, -0.1) is 0 Å². The van der Waals surface area contributed by atoms with Gasteiger partial charge in [-0.25, -0.2) is 4.39 Å². The highest BCUT2D eigenvalue weighted by atomic mass is 19.1. The summed E-state index contributed by atoms with van der Waals surface area (Å²) in [6.45, 7) is 1.28. The van der Waals surface area contributed by atoms with Crippen molar-refractivity contribution < 1.29 is 9.50 Å². The molecule has 2 atom stereocenters. The van der Waals surface area contributed by atoms with Crippen LogP contribution in [0.1, 0.15) is 12.8 Å². The number of aliphatic hydroxyl groups excluding tert-OH is 1. The molecule has 0 amide bonds. The molecular weight excluding hydrogens is 133 g/mol. The molecule has 2 nitrogen and oxygen atoms in total. The molecule has 1 aliphatic heterocycles. The summed E-state index contributed by atoms with van der Waals surface area (Å²) in [6.07, 6.45) is -0.277. The van der Waals surface area contributed by atoms with Gasteiger partial charge >= 0.3 is 0 Å². The summed E-state index contributed by atoms with van der Waals surface area (Å²) >= 11 is 0. The maximum atomic E-state index is 12.8. The Bertz CT molecular complexity index is 110. The van der Waals surface area contributed by atoms with Gasteiger partial charge in [0.15, 0.2) is 0 Å². The first-order valence-corrected chi connectivity index (χ1v) is 3.71. The van der Waals surface area contributed by atoms with E-state index in [9.17, 15) is 4.39 Å². The fourth-order valence-electron chi connectivity index (χ4n) is 1.26. The summed E-state index contributed by atoms with van der Waals surface area (Å²) in [4.78, 5) is 1.92. The van der Waals surface area contributed by atoms with Crippen LogP contribution in [0, 0.1) is 0 Å². The van der Waals surface area contributed by atoms with Crippen LogP contribution in [-0.4, -0.2) is 42.4 Å². The summed E-state index contributed by atoms with van der Waals surface area (Å²) in [6, 6.07) is 0. The van der Waals surface area contributed by atoms with E-state index < -0.39 is 12.3 Å². The standard InChI is InChI=1S/C7H14FNO/c1-9-4-2-3-7(10)6(8)5-9/h6-7,10H,2-5H2,1H3/t6-,7-/m1/s1. The molecule has 1 aliphatic rings. The van der Waals surface area contributed by atoms with Crippen molar-refractivity contribution in [2.75, 3.05) is 20.1 Å². The number of alkyl halides is 1. The molecule has 1 fully saturated rings. The Labute approximate surface area is 60.6 Å². The Kier molecular flexibility index (Phi) is 2.63. The Morgan fingerprint density at radius 1 is 1.60 bits per heavy atom. The van der Waals surface area contributed by atoms with Crippen molar-refractivity contribution in [2.24, 2.45) is 0 Å². The molecule has 0 unspecified atom stereocenters. The van der Waals surface area contributed by atoms with Crippen molar-refractivity contribution in [1.29, 1.82) is 0 Å². The Morgan fingerprint density at radius 3 is 3.00 bits per heavy atom. The summed E-state index contributed by atoms with van der Waals surface area (Å²) in [5.74, 6) is 0. The highest BCUT2D eigenvalue weighted by Gasteiger charge is 2.22. The smallest absolute Gasteiger partial charge is 0.138 e. The van der Waals surface area contributed by atoms with Crippen LogP contribution in [-0.2, 0) is 0 Å². The highest BCUT2D eigenvalue weighted by molar-refractivity contribution is 4.75. The molecule has 1 heterocycles. The molecule has 0 saturated carbocycles. The van der Waals surface area contributed by atoms with Gasteiger partial charge in [-0.1, -0.05) is 0 Å². The van der Waals surface area contributed by atoms with Gasteiger partial charge in [0, 0.05) is 6.54 Å². The van der Waals surface area contributed by atoms with Gasteiger partial charge in [-0.05, 0) is 26.4 Å². The molecule has 3 heteroatoms. The van der Waals surface area contributed by atoms with E-state index in [-0.39, 0.29) is 0 Å². The lowest BCUT2D eigenvalue weighted by Gasteiger charge is -2.15. The van der Waals surface area contributed by atoms with Crippen LogP contribution in [0.2, 0.25) is 0 Å². The second kappa shape index (κ2) is 3.30. The van der Waals surface area contributed by atoms with Crippen LogP contribution in [0.25, 0.3) is 0 Å². The largest absolute Gasteiger partial charge is 0.390 e. The molecule has 0 aromatic heterocycles. The summed E-state index contributed by atoms with van der Waals surface area (Å²) in [7, 11) is 1.88. The normalized spacial score (nSPS) is 37.5. The van der Waals surface area contributed by atoms with Crippen molar-refractivity contribution in [2.45, 2.75) is 25.1 Å². The minimum Gasteiger partial charge on any atom is -0.390 e. The van der Waals surface area contributed by atoms with Crippen molar-refractivity contribution >= 4 is 0 Å². The van der Waals surface area contributed by atoms with E-state index in [1.165, 1.54) is 0 Å².